The van der Waals surface area contributed by atoms with Crippen LogP contribution >= 0.6 is 0 Å². The highest BCUT2D eigenvalue weighted by molar-refractivity contribution is 5.87. The molecule has 1 N–H and O–H groups in total. The molecule has 0 aromatic heterocycles. The lowest BCUT2D eigenvalue weighted by Gasteiger charge is -2.34. The Morgan fingerprint density at radius 2 is 1.51 bits per heavy atom. The molecule has 3 aromatic carbocycles. The van der Waals surface area contributed by atoms with Gasteiger partial charge in [-0.3, -0.25) is 4.99 Å². The number of hydrogen-bond acceptors (Lipinski definition) is 4. The molecule has 1 heterocycles. The number of likely N-dealkylation sites (N-methyl/N-ethyl adjacent to an activating group) is 1. The van der Waals surface area contributed by atoms with E-state index in [1.807, 2.05) is 31.0 Å². The lowest BCUT2D eigenvalue weighted by Crippen LogP contribution is -2.36. The van der Waals surface area contributed by atoms with Crippen LogP contribution in [0.25, 0.3) is 0 Å². The minimum absolute atomic E-state index is 0.0939. The first-order chi connectivity index (χ1) is 17.3. The molecule has 0 saturated carbocycles. The van der Waals surface area contributed by atoms with Crippen molar-refractivity contribution in [3.05, 3.63) is 101 Å². The molecule has 0 amide bonds. The van der Waals surface area contributed by atoms with Gasteiger partial charge in [0, 0.05) is 13.1 Å². The fourth-order valence-corrected chi connectivity index (χ4v) is 4.02. The van der Waals surface area contributed by atoms with Crippen LogP contribution in [0, 0.1) is 17.5 Å². The number of carbonyl (C=O) groups is 1. The molecule has 0 radical (unpaired) electrons. The molecule has 0 fully saturated rings. The monoisotopic (exact) mass is 524 g/mol. The third-order valence-corrected chi connectivity index (χ3v) is 5.67. The molecule has 4 rings (SSSR count). The van der Waals surface area contributed by atoms with Gasteiger partial charge in [0.1, 0.15) is 41.2 Å². The Balaban J connectivity index is 0.000000479. The first-order valence-electron chi connectivity index (χ1n) is 10.8. The molecule has 196 valence electrons. The molecule has 0 aliphatic carbocycles. The number of ether oxygens (including phenoxy) is 1. The average Bonchev–Trinajstić information content (AvgIpc) is 3.08. The lowest BCUT2D eigenvalue weighted by molar-refractivity contribution is -0.192. The predicted molar refractivity (Wildman–Crippen MR) is 124 cm³/mol. The third kappa shape index (κ3) is 6.60. The van der Waals surface area contributed by atoms with E-state index in [2.05, 4.69) is 0 Å². The van der Waals surface area contributed by atoms with Crippen molar-refractivity contribution in [3.63, 3.8) is 0 Å². The van der Waals surface area contributed by atoms with Gasteiger partial charge in [-0.25, -0.2) is 18.0 Å². The van der Waals surface area contributed by atoms with Crippen LogP contribution in [0.5, 0.6) is 5.75 Å². The van der Waals surface area contributed by atoms with Crippen LogP contribution < -0.4 is 4.74 Å². The number of amidine groups is 1. The Bertz CT molecular complexity index is 1300. The molecule has 11 heteroatoms. The predicted octanol–water partition coefficient (Wildman–Crippen LogP) is 6.12. The minimum Gasteiger partial charge on any atom is -0.486 e. The van der Waals surface area contributed by atoms with Crippen LogP contribution in [0.4, 0.5) is 26.3 Å². The Labute approximate surface area is 208 Å². The zero-order valence-corrected chi connectivity index (χ0v) is 19.6. The van der Waals surface area contributed by atoms with E-state index in [0.717, 1.165) is 0 Å². The van der Waals surface area contributed by atoms with Crippen LogP contribution in [0.3, 0.4) is 0 Å². The van der Waals surface area contributed by atoms with E-state index in [1.165, 1.54) is 36.4 Å². The summed E-state index contributed by atoms with van der Waals surface area (Å²) in [5.74, 6) is -2.89. The third-order valence-electron chi connectivity index (χ3n) is 5.67. The number of hydrogen-bond donors (Lipinski definition) is 1. The Morgan fingerprint density at radius 1 is 0.973 bits per heavy atom. The maximum atomic E-state index is 14.0. The molecule has 5 nitrogen and oxygen atoms in total. The smallest absolute Gasteiger partial charge is 0.486 e. The average molecular weight is 524 g/mol. The fourth-order valence-electron chi connectivity index (χ4n) is 4.02. The second-order valence-electron chi connectivity index (χ2n) is 8.30. The van der Waals surface area contributed by atoms with Gasteiger partial charge in [-0.05, 0) is 54.4 Å². The molecule has 0 saturated heterocycles. The van der Waals surface area contributed by atoms with Crippen molar-refractivity contribution in [1.29, 1.82) is 0 Å². The Morgan fingerprint density at radius 3 is 2.05 bits per heavy atom. The number of alkyl halides is 3. The van der Waals surface area contributed by atoms with Crippen LogP contribution in [-0.2, 0) is 10.3 Å². The molecule has 0 unspecified atom stereocenters. The standard InChI is InChI=1S/C24H21F3N2O.C2HF3O2/c1-24(17-7-4-9-19(26)13-17)23(16-6-3-8-18(25)12-16)29(2)22(28-24)15-30-21-11-5-10-20(27)14-21;3-2(4,5)1(6)7/h3-14,23H,15H2,1-2H3;(H,6,7)/t23-,24+;/m1./s1. The number of carboxylic acid groups (broad SMARTS) is 1. The maximum absolute atomic E-state index is 14.0. The van der Waals surface area contributed by atoms with Gasteiger partial charge < -0.3 is 14.7 Å². The molecule has 0 bridgehead atoms. The quantitative estimate of drug-likeness (QED) is 0.409. The summed E-state index contributed by atoms with van der Waals surface area (Å²) in [4.78, 5) is 15.7. The fraction of sp³-hybridized carbons (Fsp3) is 0.231. The van der Waals surface area contributed by atoms with Gasteiger partial charge in [-0.1, -0.05) is 30.3 Å². The number of benzene rings is 3. The van der Waals surface area contributed by atoms with Crippen molar-refractivity contribution in [2.24, 2.45) is 4.99 Å². The van der Waals surface area contributed by atoms with E-state index in [4.69, 9.17) is 19.6 Å². The van der Waals surface area contributed by atoms with Gasteiger partial charge >= 0.3 is 12.1 Å². The maximum Gasteiger partial charge on any atom is 0.490 e. The number of rotatable bonds is 5. The van der Waals surface area contributed by atoms with Crippen molar-refractivity contribution in [3.8, 4) is 5.75 Å². The second kappa shape index (κ2) is 10.9. The second-order valence-corrected chi connectivity index (χ2v) is 8.30. The molecular weight excluding hydrogens is 502 g/mol. The number of carboxylic acids is 1. The summed E-state index contributed by atoms with van der Waals surface area (Å²) >= 11 is 0. The van der Waals surface area contributed by atoms with Gasteiger partial charge in [0.05, 0.1) is 6.04 Å². The van der Waals surface area contributed by atoms with Gasteiger partial charge in [0.15, 0.2) is 0 Å². The van der Waals surface area contributed by atoms with E-state index in [0.29, 0.717) is 22.7 Å². The number of nitrogens with zero attached hydrogens (tertiary/aromatic N) is 2. The summed E-state index contributed by atoms with van der Waals surface area (Å²) in [6.07, 6.45) is -5.08. The Hall–Kier alpha value is -4.02. The number of halogens is 6. The van der Waals surface area contributed by atoms with Crippen molar-refractivity contribution in [2.75, 3.05) is 13.7 Å². The highest BCUT2D eigenvalue weighted by Crippen LogP contribution is 2.46. The van der Waals surface area contributed by atoms with Crippen LogP contribution in [0.15, 0.2) is 77.8 Å². The minimum atomic E-state index is -5.08. The van der Waals surface area contributed by atoms with E-state index >= 15 is 0 Å². The van der Waals surface area contributed by atoms with Crippen molar-refractivity contribution < 1.29 is 41.0 Å². The Kier molecular flexibility index (Phi) is 8.15. The number of aliphatic carboxylic acids is 1. The van der Waals surface area contributed by atoms with Gasteiger partial charge in [-0.15, -0.1) is 0 Å². The van der Waals surface area contributed by atoms with Crippen molar-refractivity contribution in [2.45, 2.75) is 24.7 Å². The summed E-state index contributed by atoms with van der Waals surface area (Å²) in [7, 11) is 1.84. The highest BCUT2D eigenvalue weighted by Gasteiger charge is 2.46. The summed E-state index contributed by atoms with van der Waals surface area (Å²) in [5.41, 5.74) is 0.517. The lowest BCUT2D eigenvalue weighted by atomic mass is 9.81. The van der Waals surface area contributed by atoms with Crippen LogP contribution in [0.2, 0.25) is 0 Å². The molecule has 0 spiro atoms. The summed E-state index contributed by atoms with van der Waals surface area (Å²) in [6, 6.07) is 18.1. The summed E-state index contributed by atoms with van der Waals surface area (Å²) < 4.78 is 78.9. The van der Waals surface area contributed by atoms with E-state index in [-0.39, 0.29) is 24.3 Å². The first-order valence-corrected chi connectivity index (χ1v) is 10.8. The van der Waals surface area contributed by atoms with Gasteiger partial charge in [0.2, 0.25) is 0 Å². The van der Waals surface area contributed by atoms with Crippen molar-refractivity contribution in [1.82, 2.24) is 4.90 Å². The van der Waals surface area contributed by atoms with E-state index in [9.17, 15) is 26.3 Å². The zero-order valence-electron chi connectivity index (χ0n) is 19.6. The molecule has 1 aliphatic heterocycles. The van der Waals surface area contributed by atoms with Crippen molar-refractivity contribution >= 4 is 11.8 Å². The van der Waals surface area contributed by atoms with Gasteiger partial charge in [0.25, 0.3) is 0 Å². The molecule has 2 atom stereocenters. The largest absolute Gasteiger partial charge is 0.490 e. The van der Waals surface area contributed by atoms with Crippen LogP contribution in [-0.4, -0.2) is 41.6 Å². The van der Waals surface area contributed by atoms with E-state index < -0.39 is 23.5 Å². The SMILES string of the molecule is CN1C(COc2cccc(F)c2)=N[C@@](C)(c2cccc(F)c2)[C@H]1c1cccc(F)c1.O=C(O)C(F)(F)F. The first kappa shape index (κ1) is 27.6. The van der Waals surface area contributed by atoms with Gasteiger partial charge in [-0.2, -0.15) is 13.2 Å². The molecular formula is C26H22F6N2O3. The number of aliphatic imine (C=N–C) groups is 1. The molecule has 37 heavy (non-hydrogen) atoms. The normalized spacial score (nSPS) is 19.1. The molecule has 3 aromatic rings. The highest BCUT2D eigenvalue weighted by atomic mass is 19.4. The topological polar surface area (TPSA) is 62.1 Å². The van der Waals surface area contributed by atoms with E-state index in [1.54, 1.807) is 24.3 Å². The zero-order chi connectivity index (χ0) is 27.4. The van der Waals surface area contributed by atoms with Crippen LogP contribution in [0.1, 0.15) is 24.1 Å². The molecule has 1 aliphatic rings. The summed E-state index contributed by atoms with van der Waals surface area (Å²) in [5, 5.41) is 7.12. The summed E-state index contributed by atoms with van der Waals surface area (Å²) in [6.45, 7) is 1.99.